The molecular formula is C6H14NO3S-. The molecule has 0 fully saturated rings. The summed E-state index contributed by atoms with van der Waals surface area (Å²) in [6.07, 6.45) is 0.666. The molecule has 0 radical (unpaired) electrons. The lowest BCUT2D eigenvalue weighted by atomic mass is 10.5. The van der Waals surface area contributed by atoms with Crippen molar-refractivity contribution in [2.45, 2.75) is 6.42 Å². The van der Waals surface area contributed by atoms with Gasteiger partial charge in [0.1, 0.15) is 0 Å². The van der Waals surface area contributed by atoms with Gasteiger partial charge < -0.3 is 14.6 Å². The van der Waals surface area contributed by atoms with Gasteiger partial charge in [0.25, 0.3) is 0 Å². The second-order valence-electron chi connectivity index (χ2n) is 2.10. The maximum absolute atomic E-state index is 10.0. The number of hydrogen-bond donors (Lipinski definition) is 1. The Balaban J connectivity index is 2.85. The standard InChI is InChI=1S/C6H15NO3S/c1-10-5-4-7-3-2-6-11(8)9/h7H,2-6H2,1H3,(H,8,9)/p-1. The predicted octanol–water partition coefficient (Wildman–Crippen LogP) is -0.508. The van der Waals surface area contributed by atoms with Crippen LogP contribution in [-0.2, 0) is 15.8 Å². The van der Waals surface area contributed by atoms with Gasteiger partial charge in [0, 0.05) is 19.4 Å². The fourth-order valence-electron chi connectivity index (χ4n) is 0.614. The van der Waals surface area contributed by atoms with E-state index < -0.39 is 11.1 Å². The molecule has 0 aliphatic heterocycles. The van der Waals surface area contributed by atoms with E-state index in [9.17, 15) is 8.76 Å². The first-order chi connectivity index (χ1) is 5.27. The minimum absolute atomic E-state index is 0.236. The summed E-state index contributed by atoms with van der Waals surface area (Å²) in [6.45, 7) is 2.18. The highest BCUT2D eigenvalue weighted by atomic mass is 32.2. The van der Waals surface area contributed by atoms with E-state index in [1.54, 1.807) is 7.11 Å². The molecule has 1 unspecified atom stereocenters. The Morgan fingerprint density at radius 2 is 2.27 bits per heavy atom. The van der Waals surface area contributed by atoms with Gasteiger partial charge in [-0.3, -0.25) is 4.21 Å². The summed E-state index contributed by atoms with van der Waals surface area (Å²) in [4.78, 5) is 0. The summed E-state index contributed by atoms with van der Waals surface area (Å²) in [6, 6.07) is 0. The Kier molecular flexibility index (Phi) is 8.15. The van der Waals surface area contributed by atoms with E-state index in [-0.39, 0.29) is 5.75 Å². The monoisotopic (exact) mass is 180 g/mol. The van der Waals surface area contributed by atoms with Crippen molar-refractivity contribution in [3.8, 4) is 0 Å². The Labute approximate surface area is 69.6 Å². The summed E-state index contributed by atoms with van der Waals surface area (Å²) >= 11 is -1.89. The van der Waals surface area contributed by atoms with Crippen molar-refractivity contribution in [2.24, 2.45) is 0 Å². The molecule has 5 heteroatoms. The predicted molar refractivity (Wildman–Crippen MR) is 43.1 cm³/mol. The molecule has 0 saturated heterocycles. The van der Waals surface area contributed by atoms with Gasteiger partial charge in [-0.25, -0.2) is 0 Å². The summed E-state index contributed by atoms with van der Waals surface area (Å²) in [5, 5.41) is 3.04. The summed E-state index contributed by atoms with van der Waals surface area (Å²) in [5.74, 6) is 0.236. The SMILES string of the molecule is COCCNCCCS(=O)[O-]. The summed E-state index contributed by atoms with van der Waals surface area (Å²) in [7, 11) is 1.63. The summed E-state index contributed by atoms with van der Waals surface area (Å²) < 4.78 is 24.9. The second kappa shape index (κ2) is 8.13. The van der Waals surface area contributed by atoms with Crippen LogP contribution in [0.2, 0.25) is 0 Å². The molecular weight excluding hydrogens is 166 g/mol. The van der Waals surface area contributed by atoms with Crippen molar-refractivity contribution in [1.29, 1.82) is 0 Å². The van der Waals surface area contributed by atoms with E-state index in [0.717, 1.165) is 13.1 Å². The van der Waals surface area contributed by atoms with Gasteiger partial charge in [-0.2, -0.15) is 0 Å². The average molecular weight is 180 g/mol. The van der Waals surface area contributed by atoms with Crippen LogP contribution in [0.3, 0.4) is 0 Å². The lowest BCUT2D eigenvalue weighted by molar-refractivity contribution is 0.199. The van der Waals surface area contributed by atoms with Gasteiger partial charge in [-0.1, -0.05) is 11.1 Å². The molecule has 0 bridgehead atoms. The summed E-state index contributed by atoms with van der Waals surface area (Å²) in [5.41, 5.74) is 0. The smallest absolute Gasteiger partial charge is 0.0587 e. The maximum Gasteiger partial charge on any atom is 0.0587 e. The van der Waals surface area contributed by atoms with Crippen molar-refractivity contribution in [3.63, 3.8) is 0 Å². The highest BCUT2D eigenvalue weighted by molar-refractivity contribution is 7.79. The van der Waals surface area contributed by atoms with Crippen LogP contribution in [-0.4, -0.2) is 41.3 Å². The zero-order chi connectivity index (χ0) is 8.53. The van der Waals surface area contributed by atoms with Gasteiger partial charge >= 0.3 is 0 Å². The highest BCUT2D eigenvalue weighted by Gasteiger charge is 1.87. The Bertz CT molecular complexity index is 110. The Morgan fingerprint density at radius 3 is 2.82 bits per heavy atom. The van der Waals surface area contributed by atoms with Gasteiger partial charge in [0.2, 0.25) is 0 Å². The lowest BCUT2D eigenvalue weighted by Gasteiger charge is -2.05. The largest absolute Gasteiger partial charge is 0.772 e. The molecule has 68 valence electrons. The molecule has 0 saturated carbocycles. The van der Waals surface area contributed by atoms with Crippen LogP contribution in [0.1, 0.15) is 6.42 Å². The molecule has 0 aromatic rings. The molecule has 1 atom stereocenters. The van der Waals surface area contributed by atoms with Crippen LogP contribution >= 0.6 is 0 Å². The van der Waals surface area contributed by atoms with Crippen LogP contribution in [0.5, 0.6) is 0 Å². The van der Waals surface area contributed by atoms with Gasteiger partial charge in [0.05, 0.1) is 6.61 Å². The van der Waals surface area contributed by atoms with Crippen molar-refractivity contribution >= 4 is 11.1 Å². The van der Waals surface area contributed by atoms with Crippen molar-refractivity contribution in [3.05, 3.63) is 0 Å². The van der Waals surface area contributed by atoms with Crippen LogP contribution in [0.15, 0.2) is 0 Å². The third-order valence-electron chi connectivity index (χ3n) is 1.15. The molecule has 0 aliphatic rings. The highest BCUT2D eigenvalue weighted by Crippen LogP contribution is 1.80. The molecule has 0 aliphatic carbocycles. The Hall–Kier alpha value is 0.0300. The quantitative estimate of drug-likeness (QED) is 0.423. The number of ether oxygens (including phenoxy) is 1. The number of hydrogen-bond acceptors (Lipinski definition) is 4. The van der Waals surface area contributed by atoms with E-state index in [2.05, 4.69) is 5.32 Å². The molecule has 1 N–H and O–H groups in total. The van der Waals surface area contributed by atoms with Gasteiger partial charge in [-0.05, 0) is 13.0 Å². The zero-order valence-corrected chi connectivity index (χ0v) is 7.49. The topological polar surface area (TPSA) is 61.4 Å². The van der Waals surface area contributed by atoms with Gasteiger partial charge in [-0.15, -0.1) is 0 Å². The molecule has 0 heterocycles. The van der Waals surface area contributed by atoms with Crippen LogP contribution in [0, 0.1) is 0 Å². The molecule has 0 aromatic carbocycles. The fourth-order valence-corrected chi connectivity index (χ4v) is 0.994. The average Bonchev–Trinajstić information content (AvgIpc) is 1.96. The van der Waals surface area contributed by atoms with E-state index in [0.29, 0.717) is 13.0 Å². The molecule has 11 heavy (non-hydrogen) atoms. The third-order valence-corrected chi connectivity index (χ3v) is 1.77. The van der Waals surface area contributed by atoms with Crippen molar-refractivity contribution in [2.75, 3.05) is 32.6 Å². The fraction of sp³-hybridized carbons (Fsp3) is 1.00. The van der Waals surface area contributed by atoms with Crippen LogP contribution in [0.25, 0.3) is 0 Å². The van der Waals surface area contributed by atoms with E-state index in [1.807, 2.05) is 0 Å². The molecule has 0 rings (SSSR count). The minimum atomic E-state index is -1.89. The first kappa shape index (κ1) is 11.0. The normalized spacial score (nSPS) is 13.3. The van der Waals surface area contributed by atoms with Gasteiger partial charge in [0.15, 0.2) is 0 Å². The maximum atomic E-state index is 10.0. The van der Waals surface area contributed by atoms with Crippen molar-refractivity contribution < 1.29 is 13.5 Å². The third kappa shape index (κ3) is 10.0. The van der Waals surface area contributed by atoms with E-state index in [4.69, 9.17) is 4.74 Å². The number of nitrogens with one attached hydrogen (secondary N) is 1. The molecule has 4 nitrogen and oxygen atoms in total. The second-order valence-corrected chi connectivity index (χ2v) is 3.12. The number of rotatable bonds is 7. The molecule has 0 aromatic heterocycles. The van der Waals surface area contributed by atoms with Crippen LogP contribution in [0.4, 0.5) is 0 Å². The van der Waals surface area contributed by atoms with Crippen molar-refractivity contribution in [1.82, 2.24) is 5.32 Å². The zero-order valence-electron chi connectivity index (χ0n) is 6.67. The van der Waals surface area contributed by atoms with E-state index in [1.165, 1.54) is 0 Å². The number of methoxy groups -OCH3 is 1. The van der Waals surface area contributed by atoms with Crippen LogP contribution < -0.4 is 5.32 Å². The first-order valence-electron chi connectivity index (χ1n) is 3.53. The molecule has 0 amide bonds. The minimum Gasteiger partial charge on any atom is -0.772 e. The molecule has 0 spiro atoms. The van der Waals surface area contributed by atoms with E-state index >= 15 is 0 Å². The first-order valence-corrected chi connectivity index (χ1v) is 4.77. The lowest BCUT2D eigenvalue weighted by Crippen LogP contribution is -2.21. The Morgan fingerprint density at radius 1 is 1.55 bits per heavy atom.